The van der Waals surface area contributed by atoms with E-state index in [9.17, 15) is 48.1 Å². The number of anilines is 2. The molecule has 29 nitrogen and oxygen atoms in total. The van der Waals surface area contributed by atoms with E-state index >= 15 is 0 Å². The summed E-state index contributed by atoms with van der Waals surface area (Å²) in [5.41, 5.74) is -0.472. The molecule has 2 atom stereocenters. The van der Waals surface area contributed by atoms with Crippen molar-refractivity contribution >= 4 is 90.6 Å². The van der Waals surface area contributed by atoms with E-state index in [0.29, 0.717) is 147 Å². The van der Waals surface area contributed by atoms with Gasteiger partial charge in [-0.1, -0.05) is 63.1 Å². The molecule has 12 aliphatic rings. The first-order chi connectivity index (χ1) is 49.5. The summed E-state index contributed by atoms with van der Waals surface area (Å²) >= 11 is 1.52. The first-order valence-electron chi connectivity index (χ1n) is 37.9. The van der Waals surface area contributed by atoms with Gasteiger partial charge in [0, 0.05) is 114 Å². The van der Waals surface area contributed by atoms with Crippen molar-refractivity contribution in [2.75, 3.05) is 134 Å². The Bertz CT molecular complexity index is 3290. The third kappa shape index (κ3) is 27.4. The number of piperidine rings is 2. The smallest absolute Gasteiger partial charge is 0.410 e. The summed E-state index contributed by atoms with van der Waals surface area (Å²) in [6.45, 7) is 16.3. The molecule has 3 N–H and O–H groups in total. The molecule has 2 aromatic rings. The van der Waals surface area contributed by atoms with E-state index in [1.54, 1.807) is 50.1 Å². The Kier molecular flexibility index (Phi) is 31.8. The van der Waals surface area contributed by atoms with E-state index in [1.807, 2.05) is 13.8 Å². The predicted molar refractivity (Wildman–Crippen MR) is 400 cm³/mol. The summed E-state index contributed by atoms with van der Waals surface area (Å²) in [5.74, 6) is 3.14. The van der Waals surface area contributed by atoms with E-state index < -0.39 is 39.2 Å². The van der Waals surface area contributed by atoms with E-state index in [2.05, 4.69) is 40.4 Å². The second kappa shape index (κ2) is 39.4. The number of sulfonamides is 2. The van der Waals surface area contributed by atoms with Crippen LogP contribution in [-0.2, 0) is 57.7 Å². The zero-order chi connectivity index (χ0) is 74.6. The van der Waals surface area contributed by atoms with Crippen molar-refractivity contribution in [2.45, 2.75) is 232 Å². The zero-order valence-corrected chi connectivity index (χ0v) is 66.2. The number of nitrogens with one attached hydrogen (secondary N) is 2. The Labute approximate surface area is 626 Å². The number of amides is 2. The Balaban J connectivity index is 0.000000167. The van der Waals surface area contributed by atoms with Gasteiger partial charge in [-0.2, -0.15) is 17.0 Å². The van der Waals surface area contributed by atoms with Gasteiger partial charge in [-0.3, -0.25) is 8.98 Å². The standard InChI is InChI=1S/2C23H36N6O5S.C7H12OS.C6H12O3S.C5H9ClO2S.C5H10O/c2*1-23(5-6-23)34-22(30)28-8-3-18(4-9-28)17-33-21-16-25-20(15-26-21)27-10-12-29(13-11-27)35(31,32)19-2-7-24-14-19;1-6(8)9-7-4-2-3-5-7;1-10(7,8)9-6-4-2-3-5-6;6-9(7,8)5-3-1-2-4-5;6-5-3-1-2-4-5/h2*15-16,18-19,24H,2-14,17H2,1H3;7H,2-5H2,1H3;6H,2-5H2,1H3;5H,1-4H2;5-6H,1-4H2/t2*19-;;;;/m11..../s1. The molecule has 6 saturated heterocycles. The molecule has 6 saturated carbocycles. The van der Waals surface area contributed by atoms with E-state index in [4.69, 9.17) is 38.9 Å². The Hall–Kier alpha value is -4.23. The van der Waals surface area contributed by atoms with Crippen molar-refractivity contribution in [3.8, 4) is 11.8 Å². The third-order valence-electron chi connectivity index (χ3n) is 21.5. The summed E-state index contributed by atoms with van der Waals surface area (Å²) in [6, 6.07) is 0. The molecule has 0 aromatic carbocycles. The number of piperazine rings is 2. The maximum absolute atomic E-state index is 12.8. The van der Waals surface area contributed by atoms with Crippen molar-refractivity contribution in [1.29, 1.82) is 0 Å². The Morgan fingerprint density at radius 2 is 0.904 bits per heavy atom. The number of hydrogen-bond acceptors (Lipinski definition) is 26. The van der Waals surface area contributed by atoms with Gasteiger partial charge in [0.2, 0.25) is 40.9 Å². The number of carbonyl (C=O) groups excluding carboxylic acids is 3. The average molecular weight is 1580 g/mol. The van der Waals surface area contributed by atoms with Gasteiger partial charge in [0.05, 0.1) is 72.2 Å². The minimum atomic E-state index is -3.25. The van der Waals surface area contributed by atoms with Crippen molar-refractivity contribution in [1.82, 2.24) is 49.0 Å². The number of aromatic nitrogens is 4. The highest BCUT2D eigenvalue weighted by Crippen LogP contribution is 2.41. The van der Waals surface area contributed by atoms with Crippen molar-refractivity contribution in [3.05, 3.63) is 24.8 Å². The van der Waals surface area contributed by atoms with Crippen LogP contribution >= 0.6 is 22.4 Å². The molecule has 0 spiro atoms. The summed E-state index contributed by atoms with van der Waals surface area (Å²) in [5, 5.41) is 15.1. The molecule has 2 aromatic heterocycles. The fourth-order valence-corrected chi connectivity index (χ4v) is 21.1. The largest absolute Gasteiger partial charge is 0.476 e. The lowest BCUT2D eigenvalue weighted by Crippen LogP contribution is -2.51. The zero-order valence-electron chi connectivity index (χ0n) is 61.4. The number of carbonyl (C=O) groups is 3. The fraction of sp³-hybridized carbons (Fsp3) is 0.841. The van der Waals surface area contributed by atoms with Crippen LogP contribution in [0.4, 0.5) is 21.2 Å². The summed E-state index contributed by atoms with van der Waals surface area (Å²) < 4.78 is 124. The van der Waals surface area contributed by atoms with Gasteiger partial charge >= 0.3 is 12.2 Å². The number of ether oxygens (including phenoxy) is 4. The fourth-order valence-electron chi connectivity index (χ4n) is 14.2. The molecule has 14 rings (SSSR count). The lowest BCUT2D eigenvalue weighted by Gasteiger charge is -2.35. The highest BCUT2D eigenvalue weighted by Gasteiger charge is 2.45. The third-order valence-corrected chi connectivity index (χ3v) is 29.9. The van der Waals surface area contributed by atoms with Gasteiger partial charge in [-0.15, -0.1) is 0 Å². The van der Waals surface area contributed by atoms with Gasteiger partial charge in [-0.25, -0.2) is 54.8 Å². The molecule has 0 unspecified atom stereocenters. The molecule has 35 heteroatoms. The lowest BCUT2D eigenvalue weighted by molar-refractivity contribution is -0.109. The van der Waals surface area contributed by atoms with Crippen LogP contribution < -0.4 is 29.9 Å². The van der Waals surface area contributed by atoms with Crippen LogP contribution in [0.25, 0.3) is 0 Å². The van der Waals surface area contributed by atoms with E-state index in [-0.39, 0.29) is 56.5 Å². The number of aliphatic hydroxyl groups excluding tert-OH is 1. The molecule has 0 radical (unpaired) electrons. The van der Waals surface area contributed by atoms with E-state index in [0.717, 1.165) is 147 Å². The van der Waals surface area contributed by atoms with E-state index in [1.165, 1.54) is 50.3 Å². The number of hydrogen-bond donors (Lipinski definition) is 3. The van der Waals surface area contributed by atoms with Crippen molar-refractivity contribution < 1.29 is 76.3 Å². The average Bonchev–Trinajstić information content (AvgIpc) is 1.48. The highest BCUT2D eigenvalue weighted by atomic mass is 35.7. The minimum absolute atomic E-state index is 0.0324. The Morgan fingerprint density at radius 1 is 0.519 bits per heavy atom. The van der Waals surface area contributed by atoms with Crippen molar-refractivity contribution in [2.24, 2.45) is 11.8 Å². The van der Waals surface area contributed by atoms with Crippen LogP contribution in [0.5, 0.6) is 11.8 Å². The molecule has 0 bridgehead atoms. The summed E-state index contributed by atoms with van der Waals surface area (Å²) in [6.07, 6.45) is 33.3. The topological polar surface area (TPSA) is 349 Å². The SMILES string of the molecule is CC(=O)SC1CCCC1.CC1(OC(=O)N2CCC(COc3cnc(N4CCN(S(=O)(=O)[C@@H]5CCNC5)CC4)cn3)CC2)CC1.CC1(OC(=O)N2CCC(COc3cnc(N4CCN(S(=O)(=O)[C@@H]5CCNC5)CC4)cn3)CC2)CC1.CS(=O)(=O)OC1CCCC1.O=S(=O)(Cl)C1CCCC1.OC1CCCC1. The normalized spacial score (nSPS) is 24.4. The van der Waals surface area contributed by atoms with Gasteiger partial charge in [0.1, 0.15) is 22.8 Å². The molecular weight excluding hydrogens is 1460 g/mol. The number of rotatable bonds is 18. The molecule has 590 valence electrons. The molecule has 8 heterocycles. The van der Waals surface area contributed by atoms with Crippen LogP contribution in [-0.4, -0.2) is 263 Å². The van der Waals surface area contributed by atoms with Gasteiger partial charge in [0.25, 0.3) is 10.1 Å². The number of aliphatic hydroxyl groups is 1. The maximum Gasteiger partial charge on any atom is 0.410 e. The molecule has 12 fully saturated rings. The molecule has 6 aliphatic heterocycles. The number of halogens is 1. The van der Waals surface area contributed by atoms with Crippen LogP contribution in [0.1, 0.15) is 188 Å². The first-order valence-corrected chi connectivity index (χ1v) is 46.0. The maximum atomic E-state index is 12.8. The minimum Gasteiger partial charge on any atom is -0.476 e. The first kappa shape index (κ1) is 83.8. The molecule has 6 aliphatic carbocycles. The second-order valence-corrected chi connectivity index (χ2v) is 40.6. The lowest BCUT2D eigenvalue weighted by atomic mass is 9.98. The van der Waals surface area contributed by atoms with Gasteiger partial charge in [0.15, 0.2) is 5.12 Å². The number of nitrogens with zero attached hydrogens (tertiary/aromatic N) is 10. The quantitative estimate of drug-likeness (QED) is 0.0951. The van der Waals surface area contributed by atoms with Crippen LogP contribution in [0.2, 0.25) is 0 Å². The highest BCUT2D eigenvalue weighted by molar-refractivity contribution is 8.14. The van der Waals surface area contributed by atoms with Crippen LogP contribution in [0.15, 0.2) is 24.8 Å². The van der Waals surface area contributed by atoms with Crippen molar-refractivity contribution in [3.63, 3.8) is 0 Å². The number of thioether (sulfide) groups is 1. The monoisotopic (exact) mass is 1580 g/mol. The summed E-state index contributed by atoms with van der Waals surface area (Å²) in [7, 11) is -7.82. The van der Waals surface area contributed by atoms with Crippen LogP contribution in [0.3, 0.4) is 0 Å². The predicted octanol–water partition coefficient (Wildman–Crippen LogP) is 7.67. The Morgan fingerprint density at radius 3 is 1.21 bits per heavy atom. The summed E-state index contributed by atoms with van der Waals surface area (Å²) in [4.78, 5) is 60.6. The molecular formula is C69H115ClN12O17S5. The van der Waals surface area contributed by atoms with Crippen LogP contribution in [0, 0.1) is 11.8 Å². The molecule has 104 heavy (non-hydrogen) atoms. The second-order valence-electron chi connectivity index (χ2n) is 30.2. The van der Waals surface area contributed by atoms with Gasteiger partial charge < -0.3 is 54.3 Å². The molecule has 2 amide bonds. The van der Waals surface area contributed by atoms with Gasteiger partial charge in [-0.05, 0) is 154 Å². The number of likely N-dealkylation sites (tertiary alicyclic amines) is 2.